The molecule has 0 saturated carbocycles. The van der Waals surface area contributed by atoms with Gasteiger partial charge in [0.25, 0.3) is 0 Å². The smallest absolute Gasteiger partial charge is 0.450 e. The third-order valence-electron chi connectivity index (χ3n) is 4.05. The van der Waals surface area contributed by atoms with E-state index in [4.69, 9.17) is 9.84 Å². The maximum Gasteiger partial charge on any atom is 0.506 e. The van der Waals surface area contributed by atoms with E-state index in [2.05, 4.69) is 24.8 Å². The quantitative estimate of drug-likeness (QED) is 0.698. The second-order valence-corrected chi connectivity index (χ2v) is 5.59. The number of aryl methyl sites for hydroxylation is 1. The Kier molecular flexibility index (Phi) is 3.03. The van der Waals surface area contributed by atoms with E-state index in [1.165, 1.54) is 0 Å². The molecule has 23 heavy (non-hydrogen) atoms. The largest absolute Gasteiger partial charge is 0.506 e. The van der Waals surface area contributed by atoms with Gasteiger partial charge in [0, 0.05) is 24.5 Å². The molecule has 4 rings (SSSR count). The van der Waals surface area contributed by atoms with E-state index in [0.717, 1.165) is 27.8 Å². The number of hydrogen-bond acceptors (Lipinski definition) is 6. The van der Waals surface area contributed by atoms with Gasteiger partial charge in [0.05, 0.1) is 23.6 Å². The number of rotatable bonds is 2. The summed E-state index contributed by atoms with van der Waals surface area (Å²) >= 11 is 0. The van der Waals surface area contributed by atoms with Gasteiger partial charge in [-0.2, -0.15) is 0 Å². The number of pyridine rings is 1. The van der Waals surface area contributed by atoms with Gasteiger partial charge in [-0.1, -0.05) is 0 Å². The average molecular weight is 313 g/mol. The highest BCUT2D eigenvalue weighted by Crippen LogP contribution is 2.32. The molecular weight excluding hydrogens is 298 g/mol. The van der Waals surface area contributed by atoms with Gasteiger partial charge in [-0.3, -0.25) is 0 Å². The lowest BCUT2D eigenvalue weighted by Crippen LogP contribution is -2.25. The number of nitrogens with zero attached hydrogens (tertiary/aromatic N) is 4. The van der Waals surface area contributed by atoms with Crippen molar-refractivity contribution in [3.63, 3.8) is 0 Å². The van der Waals surface area contributed by atoms with Gasteiger partial charge in [-0.15, -0.1) is 0 Å². The minimum Gasteiger partial charge on any atom is -0.450 e. The van der Waals surface area contributed by atoms with Crippen LogP contribution in [0, 0.1) is 6.92 Å². The van der Waals surface area contributed by atoms with Crippen molar-refractivity contribution in [3.8, 4) is 0 Å². The average Bonchev–Trinajstić information content (AvgIpc) is 3.14. The minimum atomic E-state index is -1.24. The Balaban J connectivity index is 1.83. The first-order valence-corrected chi connectivity index (χ1v) is 7.37. The van der Waals surface area contributed by atoms with Gasteiger partial charge in [0.1, 0.15) is 23.4 Å². The van der Waals surface area contributed by atoms with Crippen LogP contribution >= 0.6 is 0 Å². The summed E-state index contributed by atoms with van der Waals surface area (Å²) in [5, 5.41) is 10.7. The molecule has 1 unspecified atom stereocenters. The number of nitrogens with one attached hydrogen (secondary N) is 1. The SMILES string of the molecule is Cc1nc(N2CCC(OC(=O)O)C2)c2c(cnc3[nH]ccc32)n1. The highest BCUT2D eigenvalue weighted by molar-refractivity contribution is 6.09. The molecule has 3 aromatic heterocycles. The van der Waals surface area contributed by atoms with Crippen molar-refractivity contribution in [2.45, 2.75) is 19.4 Å². The van der Waals surface area contributed by atoms with Crippen LogP contribution in [0.3, 0.4) is 0 Å². The van der Waals surface area contributed by atoms with E-state index < -0.39 is 6.16 Å². The van der Waals surface area contributed by atoms with E-state index in [1.807, 2.05) is 19.2 Å². The third kappa shape index (κ3) is 2.32. The topological polar surface area (TPSA) is 104 Å². The van der Waals surface area contributed by atoms with E-state index >= 15 is 0 Å². The van der Waals surface area contributed by atoms with Gasteiger partial charge >= 0.3 is 6.16 Å². The zero-order valence-corrected chi connectivity index (χ0v) is 12.5. The monoisotopic (exact) mass is 313 g/mol. The minimum absolute atomic E-state index is 0.332. The van der Waals surface area contributed by atoms with E-state index in [1.54, 1.807) is 6.20 Å². The van der Waals surface area contributed by atoms with Gasteiger partial charge in [0.15, 0.2) is 0 Å². The highest BCUT2D eigenvalue weighted by Gasteiger charge is 2.28. The predicted molar refractivity (Wildman–Crippen MR) is 83.7 cm³/mol. The molecule has 1 aliphatic rings. The zero-order valence-electron chi connectivity index (χ0n) is 12.5. The maximum atomic E-state index is 10.7. The molecule has 0 aliphatic carbocycles. The van der Waals surface area contributed by atoms with Crippen LogP contribution in [0.25, 0.3) is 21.9 Å². The zero-order chi connectivity index (χ0) is 16.0. The number of aromatic amines is 1. The van der Waals surface area contributed by atoms with Gasteiger partial charge in [0.2, 0.25) is 0 Å². The summed E-state index contributed by atoms with van der Waals surface area (Å²) < 4.78 is 4.89. The van der Waals surface area contributed by atoms with Crippen LogP contribution < -0.4 is 4.90 Å². The normalized spacial score (nSPS) is 18.0. The summed E-state index contributed by atoms with van der Waals surface area (Å²) in [6, 6.07) is 1.95. The predicted octanol–water partition coefficient (Wildman–Crippen LogP) is 2.09. The molecule has 8 heteroatoms. The molecule has 1 aliphatic heterocycles. The standard InChI is InChI=1S/C15H15N5O3/c1-8-18-11-6-17-13-10(2-4-16-13)12(11)14(19-8)20-5-3-9(7-20)23-15(21)22/h2,4,6,9H,3,5,7H2,1H3,(H,16,17)(H,21,22). The maximum absolute atomic E-state index is 10.7. The van der Waals surface area contributed by atoms with Crippen LogP contribution in [-0.4, -0.2) is 50.4 Å². The van der Waals surface area contributed by atoms with E-state index in [9.17, 15) is 4.79 Å². The van der Waals surface area contributed by atoms with Crippen molar-refractivity contribution in [3.05, 3.63) is 24.3 Å². The van der Waals surface area contributed by atoms with Crippen LogP contribution in [0.1, 0.15) is 12.2 Å². The van der Waals surface area contributed by atoms with Crippen molar-refractivity contribution in [2.75, 3.05) is 18.0 Å². The fourth-order valence-electron chi connectivity index (χ4n) is 3.11. The van der Waals surface area contributed by atoms with Gasteiger partial charge < -0.3 is 19.7 Å². The van der Waals surface area contributed by atoms with Crippen molar-refractivity contribution in [2.24, 2.45) is 0 Å². The van der Waals surface area contributed by atoms with Crippen molar-refractivity contribution in [1.29, 1.82) is 0 Å². The first-order chi connectivity index (χ1) is 11.1. The van der Waals surface area contributed by atoms with Crippen molar-refractivity contribution >= 4 is 33.9 Å². The van der Waals surface area contributed by atoms with Crippen LogP contribution in [0.4, 0.5) is 10.6 Å². The Bertz CT molecular complexity index is 907. The number of ether oxygens (including phenoxy) is 1. The molecule has 0 aromatic carbocycles. The Morgan fingerprint density at radius 2 is 2.35 bits per heavy atom. The Hall–Kier alpha value is -2.90. The van der Waals surface area contributed by atoms with E-state index in [-0.39, 0.29) is 6.10 Å². The molecule has 0 amide bonds. The molecule has 1 fully saturated rings. The Morgan fingerprint density at radius 1 is 1.48 bits per heavy atom. The Morgan fingerprint density at radius 3 is 3.17 bits per heavy atom. The number of anilines is 1. The first-order valence-electron chi connectivity index (χ1n) is 7.37. The van der Waals surface area contributed by atoms with Crippen LogP contribution in [0.15, 0.2) is 18.5 Å². The van der Waals surface area contributed by atoms with E-state index in [0.29, 0.717) is 25.3 Å². The summed E-state index contributed by atoms with van der Waals surface area (Å²) in [4.78, 5) is 29.3. The third-order valence-corrected chi connectivity index (χ3v) is 4.05. The summed E-state index contributed by atoms with van der Waals surface area (Å²) in [5.41, 5.74) is 1.56. The van der Waals surface area contributed by atoms with Gasteiger partial charge in [-0.25, -0.2) is 19.7 Å². The molecule has 0 radical (unpaired) electrons. The molecule has 0 bridgehead atoms. The van der Waals surface area contributed by atoms with Gasteiger partial charge in [-0.05, 0) is 13.0 Å². The van der Waals surface area contributed by atoms with Crippen LogP contribution in [0.2, 0.25) is 0 Å². The Labute approximate surface area is 131 Å². The molecule has 2 N–H and O–H groups in total. The molecule has 1 atom stereocenters. The van der Waals surface area contributed by atoms with Crippen molar-refractivity contribution < 1.29 is 14.6 Å². The second-order valence-electron chi connectivity index (χ2n) is 5.59. The second kappa shape index (κ2) is 5.08. The fourth-order valence-corrected chi connectivity index (χ4v) is 3.11. The summed E-state index contributed by atoms with van der Waals surface area (Å²) in [5.74, 6) is 1.46. The molecule has 118 valence electrons. The molecule has 4 heterocycles. The number of carbonyl (C=O) groups is 1. The lowest BCUT2D eigenvalue weighted by molar-refractivity contribution is 0.0602. The molecule has 3 aromatic rings. The first kappa shape index (κ1) is 13.7. The van der Waals surface area contributed by atoms with Crippen molar-refractivity contribution in [1.82, 2.24) is 19.9 Å². The number of H-pyrrole nitrogens is 1. The molecular formula is C15H15N5O3. The molecule has 0 spiro atoms. The fraction of sp³-hybridized carbons (Fsp3) is 0.333. The number of aromatic nitrogens is 4. The summed E-state index contributed by atoms with van der Waals surface area (Å²) in [6.45, 7) is 3.02. The number of fused-ring (bicyclic) bond motifs is 3. The lowest BCUT2D eigenvalue weighted by Gasteiger charge is -2.19. The highest BCUT2D eigenvalue weighted by atomic mass is 16.7. The lowest BCUT2D eigenvalue weighted by atomic mass is 10.2. The van der Waals surface area contributed by atoms with Crippen LogP contribution in [-0.2, 0) is 4.74 Å². The number of carboxylic acid groups (broad SMARTS) is 1. The summed E-state index contributed by atoms with van der Waals surface area (Å²) in [6.07, 6.45) is 2.64. The summed E-state index contributed by atoms with van der Waals surface area (Å²) in [7, 11) is 0. The molecule has 8 nitrogen and oxygen atoms in total. The molecule has 1 saturated heterocycles. The van der Waals surface area contributed by atoms with Crippen LogP contribution in [0.5, 0.6) is 0 Å². The number of hydrogen-bond donors (Lipinski definition) is 2.